The molecular formula is C30H34F3N7O6S. The predicted molar refractivity (Wildman–Crippen MR) is 161 cm³/mol. The van der Waals surface area contributed by atoms with Crippen LogP contribution in [0.15, 0.2) is 35.7 Å². The average molecular weight is 678 g/mol. The van der Waals surface area contributed by atoms with E-state index >= 15 is 0 Å². The second-order valence-corrected chi connectivity index (χ2v) is 13.3. The summed E-state index contributed by atoms with van der Waals surface area (Å²) in [7, 11) is 0. The van der Waals surface area contributed by atoms with Crippen molar-refractivity contribution in [1.29, 1.82) is 0 Å². The molecule has 3 N–H and O–H groups in total. The highest BCUT2D eigenvalue weighted by molar-refractivity contribution is 7.10. The number of fused-ring (bicyclic) bond motifs is 1. The molecule has 2 aliphatic rings. The Hall–Kier alpha value is -4.51. The molecule has 2 aromatic heterocycles. The maximum atomic E-state index is 13.9. The van der Waals surface area contributed by atoms with E-state index in [4.69, 9.17) is 9.90 Å². The fourth-order valence-corrected chi connectivity index (χ4v) is 6.04. The summed E-state index contributed by atoms with van der Waals surface area (Å²) < 4.78 is 33.5. The van der Waals surface area contributed by atoms with E-state index in [1.807, 2.05) is 32.2 Å². The molecule has 0 radical (unpaired) electrons. The number of alkyl halides is 3. The van der Waals surface area contributed by atoms with Gasteiger partial charge in [-0.25, -0.2) is 9.48 Å². The molecule has 5 rings (SSSR count). The van der Waals surface area contributed by atoms with E-state index in [9.17, 15) is 32.3 Å². The Morgan fingerprint density at radius 2 is 1.79 bits per heavy atom. The summed E-state index contributed by atoms with van der Waals surface area (Å²) in [5.74, 6) is -4.42. The maximum absolute atomic E-state index is 13.9. The van der Waals surface area contributed by atoms with Gasteiger partial charge >= 0.3 is 12.1 Å². The number of rotatable bonds is 9. The van der Waals surface area contributed by atoms with Gasteiger partial charge in [0.1, 0.15) is 6.04 Å². The lowest BCUT2D eigenvalue weighted by Gasteiger charge is -2.31. The number of nitrogens with one attached hydrogen (secondary N) is 2. The maximum Gasteiger partial charge on any atom is 0.490 e. The monoisotopic (exact) mass is 677 g/mol. The van der Waals surface area contributed by atoms with Crippen molar-refractivity contribution in [3.63, 3.8) is 0 Å². The first-order valence-corrected chi connectivity index (χ1v) is 15.5. The van der Waals surface area contributed by atoms with Crippen LogP contribution in [0.4, 0.5) is 13.2 Å². The zero-order valence-electron chi connectivity index (χ0n) is 26.2. The summed E-state index contributed by atoms with van der Waals surface area (Å²) >= 11 is 1.67. The largest absolute Gasteiger partial charge is 0.490 e. The summed E-state index contributed by atoms with van der Waals surface area (Å²) in [5, 5.41) is 27.7. The topological polar surface area (TPSA) is 176 Å². The fraction of sp³-hybridized carbons (Fsp3) is 0.467. The summed E-state index contributed by atoms with van der Waals surface area (Å²) in [6, 6.07) is 7.54. The lowest BCUT2D eigenvalue weighted by Crippen LogP contribution is -2.54. The Bertz CT molecular complexity index is 1690. The second kappa shape index (κ2) is 13.3. The first-order valence-electron chi connectivity index (χ1n) is 14.6. The van der Waals surface area contributed by atoms with Gasteiger partial charge in [0.05, 0.1) is 22.7 Å². The normalized spacial score (nSPS) is 17.6. The van der Waals surface area contributed by atoms with Crippen LogP contribution >= 0.6 is 11.3 Å². The number of halogens is 3. The standard InChI is InChI=1S/C28H33N7O4S.C2HF3O2/c1-6-28(4,5)35-23(31-32-33-35)22(29-15-27(2,3)19-11-8-14-40-19)16-9-7-10-17-21(16)26(39)34(25(17)38)18-12-13-20(36)30-24(18)37;3-2(4,5)1(6)7/h7-11,14,18,22,29H,6,12-13,15H2,1-5H3,(H,30,36,37);(H,6,7). The third-order valence-electron chi connectivity index (χ3n) is 8.18. The first-order chi connectivity index (χ1) is 21.9. The SMILES string of the molecule is CCC(C)(C)n1nnnc1C(NCC(C)(C)c1cccs1)c1cccc2c1C(=O)N(C1CCC(=O)NC1=O)C2=O.O=C(O)C(F)(F)F. The van der Waals surface area contributed by atoms with Gasteiger partial charge in [-0.3, -0.25) is 29.4 Å². The Morgan fingerprint density at radius 3 is 2.36 bits per heavy atom. The smallest absolute Gasteiger partial charge is 0.475 e. The molecule has 252 valence electrons. The number of carboxylic acid groups (broad SMARTS) is 1. The van der Waals surface area contributed by atoms with Crippen LogP contribution in [0.2, 0.25) is 0 Å². The van der Waals surface area contributed by atoms with Crippen LogP contribution in [0.1, 0.15) is 96.9 Å². The van der Waals surface area contributed by atoms with Crippen LogP contribution in [0, 0.1) is 0 Å². The molecule has 0 aliphatic carbocycles. The molecule has 3 aromatic rings. The van der Waals surface area contributed by atoms with Crippen LogP contribution in [0.5, 0.6) is 0 Å². The number of carbonyl (C=O) groups is 5. The van der Waals surface area contributed by atoms with E-state index in [2.05, 4.69) is 46.1 Å². The number of carboxylic acids is 1. The third-order valence-corrected chi connectivity index (χ3v) is 9.42. The van der Waals surface area contributed by atoms with Crippen LogP contribution in [-0.2, 0) is 25.3 Å². The number of benzene rings is 1. The lowest BCUT2D eigenvalue weighted by atomic mass is 9.89. The zero-order valence-corrected chi connectivity index (χ0v) is 27.0. The van der Waals surface area contributed by atoms with Gasteiger partial charge in [-0.05, 0) is 60.2 Å². The van der Waals surface area contributed by atoms with E-state index in [0.29, 0.717) is 17.9 Å². The molecule has 0 saturated carbocycles. The Labute approximate surface area is 271 Å². The average Bonchev–Trinajstić information content (AvgIpc) is 3.76. The summed E-state index contributed by atoms with van der Waals surface area (Å²) in [4.78, 5) is 62.9. The van der Waals surface area contributed by atoms with Crippen molar-refractivity contribution < 1.29 is 42.3 Å². The lowest BCUT2D eigenvalue weighted by molar-refractivity contribution is -0.192. The van der Waals surface area contributed by atoms with Crippen LogP contribution in [-0.4, -0.2) is 78.6 Å². The number of nitrogens with zero attached hydrogens (tertiary/aromatic N) is 5. The highest BCUT2D eigenvalue weighted by atomic mass is 32.1. The molecule has 17 heteroatoms. The Balaban J connectivity index is 0.000000644. The zero-order chi connectivity index (χ0) is 34.9. The van der Waals surface area contributed by atoms with Crippen molar-refractivity contribution in [2.75, 3.05) is 6.54 Å². The van der Waals surface area contributed by atoms with E-state index in [1.165, 1.54) is 4.88 Å². The van der Waals surface area contributed by atoms with Gasteiger partial charge in [0.25, 0.3) is 11.8 Å². The molecule has 13 nitrogen and oxygen atoms in total. The van der Waals surface area contributed by atoms with Crippen molar-refractivity contribution in [3.8, 4) is 0 Å². The number of imide groups is 2. The molecule has 0 bridgehead atoms. The quantitative estimate of drug-likeness (QED) is 0.284. The van der Waals surface area contributed by atoms with Gasteiger partial charge in [0.2, 0.25) is 11.8 Å². The highest BCUT2D eigenvalue weighted by Gasteiger charge is 2.47. The number of tetrazole rings is 1. The number of aromatic nitrogens is 4. The molecule has 0 spiro atoms. The second-order valence-electron chi connectivity index (χ2n) is 12.3. The number of piperidine rings is 1. The number of amides is 4. The molecule has 2 unspecified atom stereocenters. The van der Waals surface area contributed by atoms with Crippen molar-refractivity contribution in [2.45, 2.75) is 83.1 Å². The molecule has 1 fully saturated rings. The van der Waals surface area contributed by atoms with Gasteiger partial charge < -0.3 is 10.4 Å². The Kier molecular flexibility index (Phi) is 10.0. The summed E-state index contributed by atoms with van der Waals surface area (Å²) in [5.41, 5.74) is 0.313. The predicted octanol–water partition coefficient (Wildman–Crippen LogP) is 3.57. The van der Waals surface area contributed by atoms with E-state index in [0.717, 1.165) is 11.3 Å². The molecule has 1 aromatic carbocycles. The van der Waals surface area contributed by atoms with E-state index in [-0.39, 0.29) is 29.4 Å². The van der Waals surface area contributed by atoms with Crippen molar-refractivity contribution in [2.24, 2.45) is 0 Å². The van der Waals surface area contributed by atoms with Crippen LogP contribution in [0.25, 0.3) is 0 Å². The molecule has 1 saturated heterocycles. The fourth-order valence-electron chi connectivity index (χ4n) is 5.18. The number of hydrogen-bond donors (Lipinski definition) is 3. The Morgan fingerprint density at radius 1 is 1.11 bits per heavy atom. The van der Waals surface area contributed by atoms with Crippen LogP contribution in [0.3, 0.4) is 0 Å². The van der Waals surface area contributed by atoms with Gasteiger partial charge in [-0.1, -0.05) is 39.0 Å². The minimum Gasteiger partial charge on any atom is -0.475 e. The van der Waals surface area contributed by atoms with Gasteiger partial charge in [0.15, 0.2) is 5.82 Å². The molecule has 4 heterocycles. The number of hydrogen-bond acceptors (Lipinski definition) is 10. The minimum atomic E-state index is -5.08. The van der Waals surface area contributed by atoms with Gasteiger partial charge in [-0.2, -0.15) is 13.2 Å². The number of thiophene rings is 1. The first kappa shape index (κ1) is 35.3. The van der Waals surface area contributed by atoms with Gasteiger partial charge in [-0.15, -0.1) is 16.4 Å². The summed E-state index contributed by atoms with van der Waals surface area (Å²) in [6.45, 7) is 10.9. The number of carbonyl (C=O) groups excluding carboxylic acids is 4. The van der Waals surface area contributed by atoms with Crippen molar-refractivity contribution in [3.05, 3.63) is 63.1 Å². The molecule has 2 atom stereocenters. The van der Waals surface area contributed by atoms with E-state index < -0.39 is 53.4 Å². The third kappa shape index (κ3) is 7.25. The number of aliphatic carboxylic acids is 1. The highest BCUT2D eigenvalue weighted by Crippen LogP contribution is 2.36. The van der Waals surface area contributed by atoms with Crippen LogP contribution < -0.4 is 10.6 Å². The molecule has 47 heavy (non-hydrogen) atoms. The summed E-state index contributed by atoms with van der Waals surface area (Å²) in [6.07, 6.45) is -4.18. The van der Waals surface area contributed by atoms with E-state index in [1.54, 1.807) is 34.2 Å². The van der Waals surface area contributed by atoms with Crippen molar-refractivity contribution in [1.82, 2.24) is 35.7 Å². The van der Waals surface area contributed by atoms with Crippen molar-refractivity contribution >= 4 is 40.9 Å². The molecule has 4 amide bonds. The molecule has 2 aliphatic heterocycles. The minimum absolute atomic E-state index is 0.0551. The molecular weight excluding hydrogens is 643 g/mol. The van der Waals surface area contributed by atoms with Gasteiger partial charge in [0, 0.05) is 23.3 Å².